The standard InChI is InChI=1S/C26H32F3N3O3/c1-17(2)16-32(21-9-11-35-12-10-21)23-7-5-19(18(3)13-25(33)34-4)14-22(23)31-24-8-6-20(15-30-24)26(27,28)29/h5-8,14-15,17,21H,3,9-13,16H2,1-2,4H3,(H,30,31). The monoisotopic (exact) mass is 491 g/mol. The van der Waals surface area contributed by atoms with Crippen LogP contribution in [-0.2, 0) is 20.4 Å². The minimum Gasteiger partial charge on any atom is -0.469 e. The summed E-state index contributed by atoms with van der Waals surface area (Å²) in [5.74, 6) is 0.261. The van der Waals surface area contributed by atoms with Crippen molar-refractivity contribution >= 4 is 28.7 Å². The Balaban J connectivity index is 2.00. The lowest BCUT2D eigenvalue weighted by molar-refractivity contribution is -0.139. The number of carbonyl (C=O) groups excluding carboxylic acids is 1. The van der Waals surface area contributed by atoms with Crippen molar-refractivity contribution < 1.29 is 27.4 Å². The normalized spacial score (nSPS) is 14.6. The summed E-state index contributed by atoms with van der Waals surface area (Å²) in [6.07, 6.45) is -1.86. The molecule has 2 aromatic rings. The molecule has 1 saturated heterocycles. The van der Waals surface area contributed by atoms with E-state index in [0.717, 1.165) is 42.9 Å². The van der Waals surface area contributed by atoms with Crippen molar-refractivity contribution in [3.63, 3.8) is 0 Å². The van der Waals surface area contributed by atoms with Crippen LogP contribution in [0.5, 0.6) is 0 Å². The number of rotatable bonds is 9. The van der Waals surface area contributed by atoms with Crippen LogP contribution in [0.4, 0.5) is 30.4 Å². The van der Waals surface area contributed by atoms with Crippen LogP contribution >= 0.6 is 0 Å². The highest BCUT2D eigenvalue weighted by molar-refractivity contribution is 5.87. The summed E-state index contributed by atoms with van der Waals surface area (Å²) < 4.78 is 49.3. The number of hydrogen-bond donors (Lipinski definition) is 1. The number of methoxy groups -OCH3 is 1. The zero-order valence-electron chi connectivity index (χ0n) is 20.3. The number of ether oxygens (including phenoxy) is 2. The number of esters is 1. The third-order valence-electron chi connectivity index (χ3n) is 5.85. The molecule has 0 unspecified atom stereocenters. The highest BCUT2D eigenvalue weighted by atomic mass is 19.4. The van der Waals surface area contributed by atoms with Gasteiger partial charge < -0.3 is 19.7 Å². The van der Waals surface area contributed by atoms with Crippen LogP contribution in [0.2, 0.25) is 0 Å². The van der Waals surface area contributed by atoms with Gasteiger partial charge in [0.1, 0.15) is 5.82 Å². The predicted octanol–water partition coefficient (Wildman–Crippen LogP) is 6.06. The van der Waals surface area contributed by atoms with Gasteiger partial charge in [-0.1, -0.05) is 26.5 Å². The number of benzene rings is 1. The molecule has 1 aliphatic rings. The maximum Gasteiger partial charge on any atom is 0.417 e. The van der Waals surface area contributed by atoms with Gasteiger partial charge in [-0.25, -0.2) is 4.98 Å². The number of nitrogens with one attached hydrogen (secondary N) is 1. The molecule has 190 valence electrons. The van der Waals surface area contributed by atoms with Crippen molar-refractivity contribution in [3.8, 4) is 0 Å². The van der Waals surface area contributed by atoms with Crippen LogP contribution in [-0.4, -0.2) is 43.9 Å². The Kier molecular flexibility index (Phi) is 8.77. The van der Waals surface area contributed by atoms with Gasteiger partial charge in [-0.15, -0.1) is 0 Å². The van der Waals surface area contributed by atoms with E-state index >= 15 is 0 Å². The first-order valence-corrected chi connectivity index (χ1v) is 11.6. The van der Waals surface area contributed by atoms with E-state index in [4.69, 9.17) is 9.47 Å². The van der Waals surface area contributed by atoms with Gasteiger partial charge in [-0.3, -0.25) is 4.79 Å². The summed E-state index contributed by atoms with van der Waals surface area (Å²) in [5.41, 5.74) is 2.07. The molecule has 1 aromatic heterocycles. The van der Waals surface area contributed by atoms with Crippen molar-refractivity contribution in [1.82, 2.24) is 4.98 Å². The Hall–Kier alpha value is -3.07. The third kappa shape index (κ3) is 7.21. The molecule has 1 aliphatic heterocycles. The molecule has 6 nitrogen and oxygen atoms in total. The molecule has 9 heteroatoms. The van der Waals surface area contributed by atoms with Gasteiger partial charge >= 0.3 is 12.1 Å². The molecule has 0 saturated carbocycles. The Morgan fingerprint density at radius 2 is 1.97 bits per heavy atom. The lowest BCUT2D eigenvalue weighted by Gasteiger charge is -2.38. The van der Waals surface area contributed by atoms with E-state index in [1.807, 2.05) is 18.2 Å². The van der Waals surface area contributed by atoms with Gasteiger partial charge in [0.25, 0.3) is 0 Å². The van der Waals surface area contributed by atoms with Crippen LogP contribution in [0.15, 0.2) is 43.1 Å². The van der Waals surface area contributed by atoms with Crippen LogP contribution in [0.1, 0.15) is 44.2 Å². The second-order valence-electron chi connectivity index (χ2n) is 9.03. The zero-order chi connectivity index (χ0) is 25.6. The SMILES string of the molecule is C=C(CC(=O)OC)c1ccc(N(CC(C)C)C2CCOCC2)c(Nc2ccc(C(F)(F)F)cn2)c1. The van der Waals surface area contributed by atoms with Crippen molar-refractivity contribution in [3.05, 3.63) is 54.2 Å². The molecule has 1 fully saturated rings. The zero-order valence-corrected chi connectivity index (χ0v) is 20.3. The molecule has 0 bridgehead atoms. The molecule has 3 rings (SSSR count). The maximum absolute atomic E-state index is 13.0. The molecule has 1 aromatic carbocycles. The first-order valence-electron chi connectivity index (χ1n) is 11.6. The number of aromatic nitrogens is 1. The fraction of sp³-hybridized carbons (Fsp3) is 0.462. The summed E-state index contributed by atoms with van der Waals surface area (Å²) in [6, 6.07) is 8.28. The van der Waals surface area contributed by atoms with Gasteiger partial charge in [0.2, 0.25) is 0 Å². The average molecular weight is 492 g/mol. The minimum absolute atomic E-state index is 0.0312. The molecule has 0 aliphatic carbocycles. The third-order valence-corrected chi connectivity index (χ3v) is 5.85. The lowest BCUT2D eigenvalue weighted by Crippen LogP contribution is -2.42. The van der Waals surface area contributed by atoms with Crippen molar-refractivity contribution in [2.45, 2.75) is 45.3 Å². The highest BCUT2D eigenvalue weighted by Gasteiger charge is 2.31. The summed E-state index contributed by atoms with van der Waals surface area (Å²) >= 11 is 0. The number of halogens is 3. The smallest absolute Gasteiger partial charge is 0.417 e. The summed E-state index contributed by atoms with van der Waals surface area (Å²) in [6.45, 7) is 10.4. The summed E-state index contributed by atoms with van der Waals surface area (Å²) in [5, 5.41) is 3.20. The lowest BCUT2D eigenvalue weighted by atomic mass is 9.99. The molecule has 0 radical (unpaired) electrons. The van der Waals surface area contributed by atoms with E-state index in [1.165, 1.54) is 13.2 Å². The van der Waals surface area contributed by atoms with Gasteiger partial charge in [0.15, 0.2) is 0 Å². The molecule has 1 N–H and O–H groups in total. The largest absolute Gasteiger partial charge is 0.469 e. The van der Waals surface area contributed by atoms with Gasteiger partial charge in [-0.05, 0) is 54.2 Å². The molecular weight excluding hydrogens is 459 g/mol. The fourth-order valence-corrected chi connectivity index (χ4v) is 4.06. The maximum atomic E-state index is 13.0. The van der Waals surface area contributed by atoms with Crippen molar-refractivity contribution in [1.29, 1.82) is 0 Å². The minimum atomic E-state index is -4.46. The van der Waals surface area contributed by atoms with Crippen molar-refractivity contribution in [2.75, 3.05) is 37.1 Å². The topological polar surface area (TPSA) is 63.7 Å². The molecule has 0 spiro atoms. The Morgan fingerprint density at radius 1 is 1.26 bits per heavy atom. The summed E-state index contributed by atoms with van der Waals surface area (Å²) in [4.78, 5) is 18.1. The molecule has 0 amide bonds. The quantitative estimate of drug-likeness (QED) is 0.430. The van der Waals surface area contributed by atoms with E-state index in [0.29, 0.717) is 30.4 Å². The van der Waals surface area contributed by atoms with E-state index in [2.05, 4.69) is 35.6 Å². The van der Waals surface area contributed by atoms with E-state index < -0.39 is 17.7 Å². The molecule has 2 heterocycles. The van der Waals surface area contributed by atoms with E-state index in [9.17, 15) is 18.0 Å². The predicted molar refractivity (Wildman–Crippen MR) is 131 cm³/mol. The number of nitrogens with zero attached hydrogens (tertiary/aromatic N) is 2. The van der Waals surface area contributed by atoms with Crippen LogP contribution in [0.25, 0.3) is 5.57 Å². The number of carbonyl (C=O) groups is 1. The highest BCUT2D eigenvalue weighted by Crippen LogP contribution is 2.36. The Bertz CT molecular complexity index is 1020. The Morgan fingerprint density at radius 3 is 2.54 bits per heavy atom. The fourth-order valence-electron chi connectivity index (χ4n) is 4.06. The second-order valence-corrected chi connectivity index (χ2v) is 9.03. The second kappa shape index (κ2) is 11.6. The number of anilines is 3. The molecule has 0 atom stereocenters. The van der Waals surface area contributed by atoms with Crippen LogP contribution < -0.4 is 10.2 Å². The molecular formula is C26H32F3N3O3. The van der Waals surface area contributed by atoms with E-state index in [-0.39, 0.29) is 18.3 Å². The first kappa shape index (κ1) is 26.5. The Labute approximate surface area is 204 Å². The van der Waals surface area contributed by atoms with Gasteiger partial charge in [-0.2, -0.15) is 13.2 Å². The van der Waals surface area contributed by atoms with E-state index in [1.54, 1.807) is 0 Å². The number of pyridine rings is 1. The van der Waals surface area contributed by atoms with Crippen molar-refractivity contribution in [2.24, 2.45) is 5.92 Å². The molecule has 35 heavy (non-hydrogen) atoms. The van der Waals surface area contributed by atoms with Crippen LogP contribution in [0.3, 0.4) is 0 Å². The number of hydrogen-bond acceptors (Lipinski definition) is 6. The number of alkyl halides is 3. The van der Waals surface area contributed by atoms with Gasteiger partial charge in [0.05, 0.1) is 30.5 Å². The first-order chi connectivity index (χ1) is 16.6. The average Bonchev–Trinajstić information content (AvgIpc) is 2.82. The van der Waals surface area contributed by atoms with Gasteiger partial charge in [0, 0.05) is 32.0 Å². The summed E-state index contributed by atoms with van der Waals surface area (Å²) in [7, 11) is 1.32. The van der Waals surface area contributed by atoms with Crippen LogP contribution in [0, 0.1) is 5.92 Å².